The molecular formula is C15H24N2O2. The van der Waals surface area contributed by atoms with Crippen molar-refractivity contribution in [1.82, 2.24) is 5.32 Å². The van der Waals surface area contributed by atoms with Gasteiger partial charge in [-0.1, -0.05) is 17.7 Å². The molecule has 3 N–H and O–H groups in total. The maximum absolute atomic E-state index is 11.7. The molecule has 0 saturated heterocycles. The predicted octanol–water partition coefficient (Wildman–Crippen LogP) is 2.06. The van der Waals surface area contributed by atoms with E-state index in [0.717, 1.165) is 22.4 Å². The molecule has 0 aliphatic carbocycles. The molecule has 19 heavy (non-hydrogen) atoms. The van der Waals surface area contributed by atoms with E-state index >= 15 is 0 Å². The van der Waals surface area contributed by atoms with Gasteiger partial charge in [0, 0.05) is 24.6 Å². The number of amides is 1. The first kappa shape index (κ1) is 15.5. The Morgan fingerprint density at radius 1 is 1.42 bits per heavy atom. The Labute approximate surface area is 115 Å². The second kappa shape index (κ2) is 7.14. The summed E-state index contributed by atoms with van der Waals surface area (Å²) < 4.78 is 5.39. The Balaban J connectivity index is 2.64. The summed E-state index contributed by atoms with van der Waals surface area (Å²) in [6.45, 7) is 6.44. The SMILES string of the molecule is COc1c(C)cc(C)cc1CNC(=O)CCC(C)N. The summed E-state index contributed by atoms with van der Waals surface area (Å²) in [6.07, 6.45) is 1.17. The highest BCUT2D eigenvalue weighted by Gasteiger charge is 2.09. The van der Waals surface area contributed by atoms with Crippen molar-refractivity contribution in [1.29, 1.82) is 0 Å². The number of aryl methyl sites for hydroxylation is 2. The maximum Gasteiger partial charge on any atom is 0.220 e. The van der Waals surface area contributed by atoms with Crippen LogP contribution in [-0.4, -0.2) is 19.1 Å². The lowest BCUT2D eigenvalue weighted by Crippen LogP contribution is -2.25. The summed E-state index contributed by atoms with van der Waals surface area (Å²) in [5, 5.41) is 2.91. The fourth-order valence-corrected chi connectivity index (χ4v) is 2.11. The molecule has 0 radical (unpaired) electrons. The van der Waals surface area contributed by atoms with E-state index in [1.807, 2.05) is 26.8 Å². The van der Waals surface area contributed by atoms with Gasteiger partial charge in [-0.05, 0) is 32.8 Å². The van der Waals surface area contributed by atoms with E-state index in [2.05, 4.69) is 11.4 Å². The molecule has 1 unspecified atom stereocenters. The van der Waals surface area contributed by atoms with Crippen molar-refractivity contribution in [2.45, 2.75) is 46.2 Å². The zero-order valence-corrected chi connectivity index (χ0v) is 12.2. The Bertz CT molecular complexity index is 442. The number of hydrogen-bond acceptors (Lipinski definition) is 3. The van der Waals surface area contributed by atoms with Gasteiger partial charge in [0.25, 0.3) is 0 Å². The third-order valence-electron chi connectivity index (χ3n) is 3.00. The molecule has 4 heteroatoms. The first-order chi connectivity index (χ1) is 8.93. The highest BCUT2D eigenvalue weighted by atomic mass is 16.5. The number of ether oxygens (including phenoxy) is 1. The van der Waals surface area contributed by atoms with Crippen molar-refractivity contribution in [2.75, 3.05) is 7.11 Å². The third-order valence-corrected chi connectivity index (χ3v) is 3.00. The van der Waals surface area contributed by atoms with Gasteiger partial charge < -0.3 is 15.8 Å². The van der Waals surface area contributed by atoms with Gasteiger partial charge >= 0.3 is 0 Å². The van der Waals surface area contributed by atoms with Crippen LogP contribution in [-0.2, 0) is 11.3 Å². The average molecular weight is 264 g/mol. The molecule has 0 heterocycles. The molecule has 0 fully saturated rings. The second-order valence-corrected chi connectivity index (χ2v) is 5.07. The number of benzene rings is 1. The van der Waals surface area contributed by atoms with Crippen LogP contribution >= 0.6 is 0 Å². The minimum atomic E-state index is 0.0264. The van der Waals surface area contributed by atoms with Crippen LogP contribution in [0.1, 0.15) is 36.5 Å². The Morgan fingerprint density at radius 2 is 2.11 bits per heavy atom. The van der Waals surface area contributed by atoms with Crippen LogP contribution in [0.3, 0.4) is 0 Å². The van der Waals surface area contributed by atoms with Gasteiger partial charge in [-0.3, -0.25) is 4.79 Å². The van der Waals surface area contributed by atoms with E-state index in [-0.39, 0.29) is 11.9 Å². The number of carbonyl (C=O) groups excluding carboxylic acids is 1. The van der Waals surface area contributed by atoms with E-state index in [0.29, 0.717) is 19.4 Å². The van der Waals surface area contributed by atoms with Crippen LogP contribution in [0.4, 0.5) is 0 Å². The Hall–Kier alpha value is -1.55. The second-order valence-electron chi connectivity index (χ2n) is 5.07. The molecule has 0 saturated carbocycles. The van der Waals surface area contributed by atoms with Crippen molar-refractivity contribution >= 4 is 5.91 Å². The van der Waals surface area contributed by atoms with E-state index in [4.69, 9.17) is 10.5 Å². The fourth-order valence-electron chi connectivity index (χ4n) is 2.11. The zero-order chi connectivity index (χ0) is 14.4. The maximum atomic E-state index is 11.7. The summed E-state index contributed by atoms with van der Waals surface area (Å²) >= 11 is 0. The first-order valence-corrected chi connectivity index (χ1v) is 6.60. The largest absolute Gasteiger partial charge is 0.496 e. The van der Waals surface area contributed by atoms with Crippen molar-refractivity contribution in [3.63, 3.8) is 0 Å². The lowest BCUT2D eigenvalue weighted by atomic mass is 10.1. The van der Waals surface area contributed by atoms with Crippen LogP contribution in [0.5, 0.6) is 5.75 Å². The molecule has 106 valence electrons. The number of rotatable bonds is 6. The lowest BCUT2D eigenvalue weighted by molar-refractivity contribution is -0.121. The van der Waals surface area contributed by atoms with Crippen LogP contribution in [0.15, 0.2) is 12.1 Å². The monoisotopic (exact) mass is 264 g/mol. The number of methoxy groups -OCH3 is 1. The molecule has 1 atom stereocenters. The molecule has 0 bridgehead atoms. The summed E-state index contributed by atoms with van der Waals surface area (Å²) in [7, 11) is 1.65. The van der Waals surface area contributed by atoms with Gasteiger partial charge in [-0.2, -0.15) is 0 Å². The minimum Gasteiger partial charge on any atom is -0.496 e. The average Bonchev–Trinajstić information content (AvgIpc) is 2.33. The van der Waals surface area contributed by atoms with Gasteiger partial charge in [-0.15, -0.1) is 0 Å². The highest BCUT2D eigenvalue weighted by Crippen LogP contribution is 2.24. The van der Waals surface area contributed by atoms with Gasteiger partial charge in [0.05, 0.1) is 7.11 Å². The molecule has 0 aliphatic heterocycles. The fraction of sp³-hybridized carbons (Fsp3) is 0.533. The lowest BCUT2D eigenvalue weighted by Gasteiger charge is -2.14. The van der Waals surface area contributed by atoms with Crippen molar-refractivity contribution in [2.24, 2.45) is 5.73 Å². The molecule has 1 amide bonds. The molecule has 0 aromatic heterocycles. The van der Waals surface area contributed by atoms with Gasteiger partial charge in [0.15, 0.2) is 0 Å². The smallest absolute Gasteiger partial charge is 0.220 e. The normalized spacial score (nSPS) is 12.1. The number of nitrogens with two attached hydrogens (primary N) is 1. The summed E-state index contributed by atoms with van der Waals surface area (Å²) in [4.78, 5) is 11.7. The summed E-state index contributed by atoms with van der Waals surface area (Å²) in [6, 6.07) is 4.17. The van der Waals surface area contributed by atoms with Crippen LogP contribution in [0, 0.1) is 13.8 Å². The Morgan fingerprint density at radius 3 is 2.68 bits per heavy atom. The molecule has 1 aromatic rings. The molecule has 0 aliphatic rings. The van der Waals surface area contributed by atoms with Gasteiger partial charge in [0.2, 0.25) is 5.91 Å². The zero-order valence-electron chi connectivity index (χ0n) is 12.2. The molecule has 1 aromatic carbocycles. The van der Waals surface area contributed by atoms with Crippen LogP contribution in [0.2, 0.25) is 0 Å². The standard InChI is InChI=1S/C15H24N2O2/c1-10-7-11(2)15(19-4)13(8-10)9-17-14(18)6-5-12(3)16/h7-8,12H,5-6,9,16H2,1-4H3,(H,17,18). The third kappa shape index (κ3) is 4.91. The van der Waals surface area contributed by atoms with E-state index in [1.54, 1.807) is 7.11 Å². The summed E-state index contributed by atoms with van der Waals surface area (Å²) in [5.41, 5.74) is 8.89. The molecule has 4 nitrogen and oxygen atoms in total. The van der Waals surface area contributed by atoms with Crippen molar-refractivity contribution in [3.05, 3.63) is 28.8 Å². The first-order valence-electron chi connectivity index (χ1n) is 6.60. The number of carbonyl (C=O) groups is 1. The van der Waals surface area contributed by atoms with E-state index in [1.165, 1.54) is 0 Å². The Kier molecular flexibility index (Phi) is 5.83. The molecule has 0 spiro atoms. The van der Waals surface area contributed by atoms with Crippen molar-refractivity contribution in [3.8, 4) is 5.75 Å². The van der Waals surface area contributed by atoms with Gasteiger partial charge in [-0.25, -0.2) is 0 Å². The topological polar surface area (TPSA) is 64.3 Å². The molecular weight excluding hydrogens is 240 g/mol. The molecule has 1 rings (SSSR count). The van der Waals surface area contributed by atoms with Crippen molar-refractivity contribution < 1.29 is 9.53 Å². The summed E-state index contributed by atoms with van der Waals surface area (Å²) in [5.74, 6) is 0.872. The van der Waals surface area contributed by atoms with E-state index < -0.39 is 0 Å². The highest BCUT2D eigenvalue weighted by molar-refractivity contribution is 5.76. The number of hydrogen-bond donors (Lipinski definition) is 2. The van der Waals surface area contributed by atoms with Gasteiger partial charge in [0.1, 0.15) is 5.75 Å². The predicted molar refractivity (Wildman–Crippen MR) is 77.2 cm³/mol. The quantitative estimate of drug-likeness (QED) is 0.826. The van der Waals surface area contributed by atoms with Crippen LogP contribution in [0.25, 0.3) is 0 Å². The number of nitrogens with one attached hydrogen (secondary N) is 1. The van der Waals surface area contributed by atoms with E-state index in [9.17, 15) is 4.79 Å². The van der Waals surface area contributed by atoms with Crippen LogP contribution < -0.4 is 15.8 Å². The minimum absolute atomic E-state index is 0.0264.